The normalized spacial score (nSPS) is 14.3. The molecule has 4 rings (SSSR count). The highest BCUT2D eigenvalue weighted by molar-refractivity contribution is 7.20. The van der Waals surface area contributed by atoms with Crippen molar-refractivity contribution in [1.29, 1.82) is 0 Å². The van der Waals surface area contributed by atoms with Gasteiger partial charge in [0.1, 0.15) is 16.7 Å². The Labute approximate surface area is 180 Å². The van der Waals surface area contributed by atoms with Crippen LogP contribution in [0.3, 0.4) is 0 Å². The van der Waals surface area contributed by atoms with E-state index in [9.17, 15) is 4.79 Å². The predicted octanol–water partition coefficient (Wildman–Crippen LogP) is 2.82. The Balaban J connectivity index is 1.60. The van der Waals surface area contributed by atoms with Crippen molar-refractivity contribution in [2.75, 3.05) is 37.8 Å². The third kappa shape index (κ3) is 4.08. The molecule has 1 aliphatic rings. The first-order valence-electron chi connectivity index (χ1n) is 10.2. The summed E-state index contributed by atoms with van der Waals surface area (Å²) in [5.41, 5.74) is 9.63. The van der Waals surface area contributed by atoms with Crippen LogP contribution in [0.15, 0.2) is 24.5 Å². The molecule has 3 aromatic rings. The number of rotatable bonds is 7. The van der Waals surface area contributed by atoms with Crippen LogP contribution in [0.2, 0.25) is 0 Å². The van der Waals surface area contributed by atoms with Gasteiger partial charge in [-0.25, -0.2) is 15.0 Å². The van der Waals surface area contributed by atoms with Crippen molar-refractivity contribution >= 4 is 44.8 Å². The number of carbonyl (C=O) groups excluding carboxylic acids is 1. The van der Waals surface area contributed by atoms with E-state index in [2.05, 4.69) is 37.0 Å². The third-order valence-electron chi connectivity index (χ3n) is 5.38. The summed E-state index contributed by atoms with van der Waals surface area (Å²) in [6.07, 6.45) is 4.22. The van der Waals surface area contributed by atoms with Crippen LogP contribution in [-0.2, 0) is 6.42 Å². The van der Waals surface area contributed by atoms with Gasteiger partial charge in [0, 0.05) is 24.0 Å². The highest BCUT2D eigenvalue weighted by Gasteiger charge is 2.26. The number of nitrogens with two attached hydrogens (primary N) is 1. The van der Waals surface area contributed by atoms with Gasteiger partial charge in [-0.2, -0.15) is 0 Å². The Hall–Kier alpha value is -2.78. The molecule has 0 spiro atoms. The van der Waals surface area contributed by atoms with Crippen molar-refractivity contribution in [3.05, 3.63) is 35.1 Å². The molecule has 8 nitrogen and oxygen atoms in total. The zero-order valence-electron chi connectivity index (χ0n) is 17.6. The molecule has 30 heavy (non-hydrogen) atoms. The second-order valence-corrected chi connectivity index (χ2v) is 8.81. The molecule has 0 aliphatic carbocycles. The topological polar surface area (TPSA) is 100 Å². The van der Waals surface area contributed by atoms with Crippen LogP contribution in [0.1, 0.15) is 35.1 Å². The quantitative estimate of drug-likeness (QED) is 0.561. The van der Waals surface area contributed by atoms with Crippen molar-refractivity contribution in [2.45, 2.75) is 32.2 Å². The number of hydrogen-bond acceptors (Lipinski definition) is 8. The highest BCUT2D eigenvalue weighted by Crippen LogP contribution is 2.37. The summed E-state index contributed by atoms with van der Waals surface area (Å²) in [6, 6.07) is 6.04. The lowest BCUT2D eigenvalue weighted by Gasteiger charge is -2.18. The molecule has 0 saturated heterocycles. The number of hydrogen-bond donors (Lipinski definition) is 2. The predicted molar refractivity (Wildman–Crippen MR) is 121 cm³/mol. The molecule has 2 aromatic heterocycles. The molecule has 3 N–H and O–H groups in total. The second-order valence-electron chi connectivity index (χ2n) is 7.83. The average molecular weight is 426 g/mol. The van der Waals surface area contributed by atoms with Crippen molar-refractivity contribution in [3.63, 3.8) is 0 Å². The van der Waals surface area contributed by atoms with Crippen LogP contribution in [0.25, 0.3) is 10.3 Å². The molecule has 1 aromatic carbocycles. The maximum atomic E-state index is 12.8. The Bertz CT molecular complexity index is 1060. The summed E-state index contributed by atoms with van der Waals surface area (Å²) >= 11 is 1.31. The first-order valence-corrected chi connectivity index (χ1v) is 11.0. The van der Waals surface area contributed by atoms with Gasteiger partial charge in [-0.1, -0.05) is 18.3 Å². The van der Waals surface area contributed by atoms with E-state index in [1.165, 1.54) is 16.9 Å². The first-order chi connectivity index (χ1) is 14.5. The van der Waals surface area contributed by atoms with Gasteiger partial charge in [-0.15, -0.1) is 0 Å². The number of aromatic nitrogens is 3. The smallest absolute Gasteiger partial charge is 0.280 e. The van der Waals surface area contributed by atoms with Gasteiger partial charge < -0.3 is 20.9 Å². The summed E-state index contributed by atoms with van der Waals surface area (Å²) in [5.74, 6) is 0.586. The molecular formula is C21H27N7OS. The van der Waals surface area contributed by atoms with Gasteiger partial charge in [0.2, 0.25) is 0 Å². The van der Waals surface area contributed by atoms with Crippen LogP contribution < -0.4 is 16.0 Å². The minimum absolute atomic E-state index is 0.119. The van der Waals surface area contributed by atoms with Gasteiger partial charge in [0.15, 0.2) is 10.8 Å². The van der Waals surface area contributed by atoms with Crippen molar-refractivity contribution in [3.8, 4) is 0 Å². The Kier molecular flexibility index (Phi) is 5.83. The molecule has 1 unspecified atom stereocenters. The Morgan fingerprint density at radius 2 is 2.20 bits per heavy atom. The van der Waals surface area contributed by atoms with Crippen LogP contribution in [0, 0.1) is 0 Å². The van der Waals surface area contributed by atoms with E-state index in [-0.39, 0.29) is 11.9 Å². The Morgan fingerprint density at radius 3 is 2.97 bits per heavy atom. The summed E-state index contributed by atoms with van der Waals surface area (Å²) in [7, 11) is 4.07. The van der Waals surface area contributed by atoms with E-state index < -0.39 is 0 Å². The standard InChI is InChI=1S/C21H27N7OS/c1-4-15(8-9-27(2)3)25-19(29)21-26-17-18(23-12-24-20(17)30-21)28-10-7-13-11-14(22)5-6-16(13)28/h5-6,11-12,15H,4,7-10,22H2,1-3H3,(H,25,29). The maximum Gasteiger partial charge on any atom is 0.280 e. The van der Waals surface area contributed by atoms with E-state index in [0.717, 1.165) is 54.4 Å². The molecule has 158 valence electrons. The number of nitrogen functional groups attached to an aromatic ring is 1. The van der Waals surface area contributed by atoms with Crippen molar-refractivity contribution < 1.29 is 4.79 Å². The van der Waals surface area contributed by atoms with Gasteiger partial charge >= 0.3 is 0 Å². The second kappa shape index (κ2) is 8.53. The monoisotopic (exact) mass is 425 g/mol. The number of anilines is 3. The van der Waals surface area contributed by atoms with E-state index >= 15 is 0 Å². The van der Waals surface area contributed by atoms with E-state index in [0.29, 0.717) is 10.5 Å². The molecule has 1 amide bonds. The van der Waals surface area contributed by atoms with Gasteiger partial charge in [-0.05, 0) is 63.7 Å². The fraction of sp³-hybridized carbons (Fsp3) is 0.429. The lowest BCUT2D eigenvalue weighted by molar-refractivity contribution is 0.0932. The lowest BCUT2D eigenvalue weighted by Crippen LogP contribution is -2.36. The SMILES string of the molecule is CCC(CCN(C)C)NC(=O)c1nc2c(N3CCc4cc(N)ccc43)ncnc2s1. The van der Waals surface area contributed by atoms with Gasteiger partial charge in [-0.3, -0.25) is 4.79 Å². The molecule has 1 atom stereocenters. The number of nitrogens with zero attached hydrogens (tertiary/aromatic N) is 5. The fourth-order valence-corrected chi connectivity index (χ4v) is 4.52. The number of thiazole rings is 1. The third-order valence-corrected chi connectivity index (χ3v) is 6.34. The summed E-state index contributed by atoms with van der Waals surface area (Å²) < 4.78 is 0. The number of nitrogens with one attached hydrogen (secondary N) is 1. The summed E-state index contributed by atoms with van der Waals surface area (Å²) in [6.45, 7) is 3.81. The van der Waals surface area contributed by atoms with E-state index in [1.807, 2.05) is 32.3 Å². The zero-order chi connectivity index (χ0) is 21.3. The molecule has 0 saturated carbocycles. The summed E-state index contributed by atoms with van der Waals surface area (Å²) in [4.78, 5) is 31.3. The number of amides is 1. The van der Waals surface area contributed by atoms with Gasteiger partial charge in [0.25, 0.3) is 5.91 Å². The van der Waals surface area contributed by atoms with Gasteiger partial charge in [0.05, 0.1) is 0 Å². The fourth-order valence-electron chi connectivity index (χ4n) is 3.72. The minimum atomic E-state index is -0.149. The first kappa shape index (κ1) is 20.5. The lowest BCUT2D eigenvalue weighted by atomic mass is 10.1. The summed E-state index contributed by atoms with van der Waals surface area (Å²) in [5, 5.41) is 3.54. The van der Waals surface area contributed by atoms with Crippen molar-refractivity contribution in [1.82, 2.24) is 25.2 Å². The maximum absolute atomic E-state index is 12.8. The number of benzene rings is 1. The average Bonchev–Trinajstić information content (AvgIpc) is 3.34. The molecule has 9 heteroatoms. The molecular weight excluding hydrogens is 398 g/mol. The van der Waals surface area contributed by atoms with E-state index in [1.54, 1.807) is 6.33 Å². The molecule has 0 radical (unpaired) electrons. The number of carbonyl (C=O) groups is 1. The Morgan fingerprint density at radius 1 is 1.37 bits per heavy atom. The molecule has 3 heterocycles. The van der Waals surface area contributed by atoms with Crippen LogP contribution in [0.5, 0.6) is 0 Å². The van der Waals surface area contributed by atoms with Crippen LogP contribution in [0.4, 0.5) is 17.2 Å². The van der Waals surface area contributed by atoms with Crippen LogP contribution >= 0.6 is 11.3 Å². The molecule has 0 fully saturated rings. The zero-order valence-corrected chi connectivity index (χ0v) is 18.4. The highest BCUT2D eigenvalue weighted by atomic mass is 32.1. The number of fused-ring (bicyclic) bond motifs is 2. The largest absolute Gasteiger partial charge is 0.399 e. The minimum Gasteiger partial charge on any atom is -0.399 e. The molecule has 1 aliphatic heterocycles. The van der Waals surface area contributed by atoms with E-state index in [4.69, 9.17) is 5.73 Å². The molecule has 0 bridgehead atoms. The van der Waals surface area contributed by atoms with Crippen LogP contribution in [-0.4, -0.2) is 59.0 Å². The van der Waals surface area contributed by atoms with Crippen molar-refractivity contribution in [2.24, 2.45) is 0 Å².